The first kappa shape index (κ1) is 14.9. The highest BCUT2D eigenvalue weighted by Gasteiger charge is 2.13. The van der Waals surface area contributed by atoms with E-state index in [4.69, 9.17) is 4.74 Å². The van der Waals surface area contributed by atoms with Crippen molar-refractivity contribution < 1.29 is 19.4 Å². The van der Waals surface area contributed by atoms with Crippen LogP contribution < -0.4 is 0 Å². The Labute approximate surface area is 114 Å². The Hall–Kier alpha value is -1.20. The lowest BCUT2D eigenvalue weighted by atomic mass is 10.0. The van der Waals surface area contributed by atoms with Crippen LogP contribution in [0.15, 0.2) is 18.2 Å². The fourth-order valence-corrected chi connectivity index (χ4v) is 1.77. The topological polar surface area (TPSA) is 63.6 Å². The summed E-state index contributed by atoms with van der Waals surface area (Å²) in [6.07, 6.45) is 0.279. The molecule has 0 atom stereocenters. The highest BCUT2D eigenvalue weighted by atomic mass is 79.9. The first-order valence-corrected chi connectivity index (χ1v) is 6.72. The van der Waals surface area contributed by atoms with Gasteiger partial charge in [-0.2, -0.15) is 0 Å². The van der Waals surface area contributed by atoms with Gasteiger partial charge in [0.15, 0.2) is 0 Å². The standard InChI is InChI=1S/C13H15BrO4/c1-2-18-13(17)12-4-3-9(5-10(12)8-15)6-11(16)7-14/h3-5,15H,2,6-8H2,1H3. The highest BCUT2D eigenvalue weighted by Crippen LogP contribution is 2.15. The lowest BCUT2D eigenvalue weighted by Gasteiger charge is -2.08. The van der Waals surface area contributed by atoms with Crippen LogP contribution in [-0.4, -0.2) is 28.8 Å². The average Bonchev–Trinajstić information content (AvgIpc) is 2.38. The Balaban J connectivity index is 2.96. The van der Waals surface area contributed by atoms with Crippen LogP contribution in [0.5, 0.6) is 0 Å². The second kappa shape index (κ2) is 7.28. The van der Waals surface area contributed by atoms with Crippen molar-refractivity contribution in [1.29, 1.82) is 0 Å². The highest BCUT2D eigenvalue weighted by molar-refractivity contribution is 9.09. The molecule has 98 valence electrons. The van der Waals surface area contributed by atoms with E-state index in [1.54, 1.807) is 25.1 Å². The minimum atomic E-state index is -0.458. The van der Waals surface area contributed by atoms with Gasteiger partial charge in [0, 0.05) is 6.42 Å². The van der Waals surface area contributed by atoms with Crippen molar-refractivity contribution >= 4 is 27.7 Å². The Morgan fingerprint density at radius 1 is 1.39 bits per heavy atom. The summed E-state index contributed by atoms with van der Waals surface area (Å²) in [5, 5.41) is 9.54. The number of Topliss-reactive ketones (excluding diaryl/α,β-unsaturated/α-hetero) is 1. The van der Waals surface area contributed by atoms with E-state index in [1.165, 1.54) is 0 Å². The molecule has 0 unspecified atom stereocenters. The van der Waals surface area contributed by atoms with Crippen molar-refractivity contribution in [2.24, 2.45) is 0 Å². The number of hydrogen-bond acceptors (Lipinski definition) is 4. The molecule has 0 aromatic heterocycles. The number of halogens is 1. The fraction of sp³-hybridized carbons (Fsp3) is 0.385. The van der Waals surface area contributed by atoms with Crippen LogP contribution in [0.1, 0.15) is 28.4 Å². The normalized spacial score (nSPS) is 10.2. The largest absolute Gasteiger partial charge is 0.462 e. The third-order valence-corrected chi connectivity index (χ3v) is 3.01. The van der Waals surface area contributed by atoms with Gasteiger partial charge in [-0.25, -0.2) is 4.79 Å². The lowest BCUT2D eigenvalue weighted by Crippen LogP contribution is -2.10. The number of hydrogen-bond donors (Lipinski definition) is 1. The molecule has 0 radical (unpaired) electrons. The van der Waals surface area contributed by atoms with Gasteiger partial charge in [0.2, 0.25) is 0 Å². The van der Waals surface area contributed by atoms with Gasteiger partial charge < -0.3 is 9.84 Å². The zero-order chi connectivity index (χ0) is 13.5. The van der Waals surface area contributed by atoms with E-state index in [9.17, 15) is 14.7 Å². The molecule has 0 aliphatic rings. The number of carbonyl (C=O) groups excluding carboxylic acids is 2. The van der Waals surface area contributed by atoms with Crippen molar-refractivity contribution in [2.45, 2.75) is 20.0 Å². The van der Waals surface area contributed by atoms with E-state index >= 15 is 0 Å². The quantitative estimate of drug-likeness (QED) is 0.643. The molecule has 0 saturated heterocycles. The predicted molar refractivity (Wildman–Crippen MR) is 70.8 cm³/mol. The molecule has 0 saturated carbocycles. The number of alkyl halides is 1. The van der Waals surface area contributed by atoms with Gasteiger partial charge in [-0.1, -0.05) is 28.1 Å². The van der Waals surface area contributed by atoms with Crippen molar-refractivity contribution in [3.63, 3.8) is 0 Å². The lowest BCUT2D eigenvalue weighted by molar-refractivity contribution is -0.115. The molecule has 0 amide bonds. The van der Waals surface area contributed by atoms with E-state index in [0.717, 1.165) is 5.56 Å². The third kappa shape index (κ3) is 3.92. The van der Waals surface area contributed by atoms with Crippen LogP contribution in [0.3, 0.4) is 0 Å². The Morgan fingerprint density at radius 2 is 2.11 bits per heavy atom. The number of aliphatic hydroxyl groups excluding tert-OH is 1. The molecule has 18 heavy (non-hydrogen) atoms. The van der Waals surface area contributed by atoms with Crippen LogP contribution >= 0.6 is 15.9 Å². The minimum Gasteiger partial charge on any atom is -0.462 e. The predicted octanol–water partition coefficient (Wildman–Crippen LogP) is 1.86. The van der Waals surface area contributed by atoms with Gasteiger partial charge in [0.05, 0.1) is 24.1 Å². The number of ketones is 1. The summed E-state index contributed by atoms with van der Waals surface area (Å²) in [5.41, 5.74) is 1.60. The molecule has 1 N–H and O–H groups in total. The van der Waals surface area contributed by atoms with Crippen molar-refractivity contribution in [2.75, 3.05) is 11.9 Å². The van der Waals surface area contributed by atoms with E-state index in [2.05, 4.69) is 15.9 Å². The molecular weight excluding hydrogens is 300 g/mol. The molecule has 1 aromatic rings. The summed E-state index contributed by atoms with van der Waals surface area (Å²) >= 11 is 3.09. The number of rotatable bonds is 6. The Morgan fingerprint density at radius 3 is 2.67 bits per heavy atom. The van der Waals surface area contributed by atoms with E-state index in [1.807, 2.05) is 0 Å². The third-order valence-electron chi connectivity index (χ3n) is 2.39. The molecular formula is C13H15BrO4. The van der Waals surface area contributed by atoms with Crippen molar-refractivity contribution in [3.8, 4) is 0 Å². The first-order valence-electron chi connectivity index (χ1n) is 5.59. The summed E-state index contributed by atoms with van der Waals surface area (Å²) in [5.74, 6) is -0.414. The molecule has 0 heterocycles. The Bertz CT molecular complexity index is 443. The van der Waals surface area contributed by atoms with Gasteiger partial charge in [-0.15, -0.1) is 0 Å². The number of carbonyl (C=O) groups is 2. The zero-order valence-corrected chi connectivity index (χ0v) is 11.7. The maximum atomic E-state index is 11.6. The molecule has 0 aliphatic carbocycles. The van der Waals surface area contributed by atoms with Gasteiger partial charge in [0.25, 0.3) is 0 Å². The summed E-state index contributed by atoms with van der Waals surface area (Å²) in [6, 6.07) is 4.94. The van der Waals surface area contributed by atoms with Gasteiger partial charge in [-0.05, 0) is 24.1 Å². The number of benzene rings is 1. The van der Waals surface area contributed by atoms with Crippen LogP contribution in [0.4, 0.5) is 0 Å². The molecule has 0 fully saturated rings. The summed E-state index contributed by atoms with van der Waals surface area (Å²) in [7, 11) is 0. The van der Waals surface area contributed by atoms with Crippen LogP contribution in [-0.2, 0) is 22.6 Å². The van der Waals surface area contributed by atoms with Crippen molar-refractivity contribution in [3.05, 3.63) is 34.9 Å². The summed E-state index contributed by atoms with van der Waals surface area (Å²) in [4.78, 5) is 22.9. The SMILES string of the molecule is CCOC(=O)c1ccc(CC(=O)CBr)cc1CO. The maximum Gasteiger partial charge on any atom is 0.338 e. The molecule has 1 rings (SSSR count). The molecule has 0 spiro atoms. The number of aliphatic hydroxyl groups is 1. The maximum absolute atomic E-state index is 11.6. The number of esters is 1. The molecule has 5 heteroatoms. The second-order valence-corrected chi connectivity index (χ2v) is 4.28. The van der Waals surface area contributed by atoms with E-state index in [-0.39, 0.29) is 25.4 Å². The minimum absolute atomic E-state index is 0.0442. The summed E-state index contributed by atoms with van der Waals surface area (Å²) in [6.45, 7) is 1.75. The zero-order valence-electron chi connectivity index (χ0n) is 10.1. The molecule has 0 aliphatic heterocycles. The smallest absolute Gasteiger partial charge is 0.338 e. The van der Waals surface area contributed by atoms with Crippen LogP contribution in [0.2, 0.25) is 0 Å². The molecule has 0 bridgehead atoms. The van der Waals surface area contributed by atoms with Gasteiger partial charge in [-0.3, -0.25) is 4.79 Å². The number of ether oxygens (including phenoxy) is 1. The van der Waals surface area contributed by atoms with E-state index < -0.39 is 5.97 Å². The van der Waals surface area contributed by atoms with Crippen LogP contribution in [0, 0.1) is 0 Å². The van der Waals surface area contributed by atoms with Crippen LogP contribution in [0.25, 0.3) is 0 Å². The fourth-order valence-electron chi connectivity index (χ4n) is 1.57. The molecule has 1 aromatic carbocycles. The molecule has 4 nitrogen and oxygen atoms in total. The van der Waals surface area contributed by atoms with E-state index in [0.29, 0.717) is 16.5 Å². The van der Waals surface area contributed by atoms with Crippen molar-refractivity contribution in [1.82, 2.24) is 0 Å². The second-order valence-electron chi connectivity index (χ2n) is 3.72. The summed E-state index contributed by atoms with van der Waals surface area (Å²) < 4.78 is 4.89. The van der Waals surface area contributed by atoms with Gasteiger partial charge >= 0.3 is 5.97 Å². The van der Waals surface area contributed by atoms with Gasteiger partial charge in [0.1, 0.15) is 5.78 Å². The Kier molecular flexibility index (Phi) is 6.01. The average molecular weight is 315 g/mol. The first-order chi connectivity index (χ1) is 8.62. The monoisotopic (exact) mass is 314 g/mol.